The van der Waals surface area contributed by atoms with E-state index < -0.39 is 4.92 Å². The van der Waals surface area contributed by atoms with Crippen LogP contribution in [0.2, 0.25) is 0 Å². The minimum Gasteiger partial charge on any atom is -0.359 e. The molecule has 0 saturated heterocycles. The van der Waals surface area contributed by atoms with Gasteiger partial charge in [-0.3, -0.25) is 14.8 Å². The topological polar surface area (TPSA) is 99.0 Å². The predicted molar refractivity (Wildman–Crippen MR) is 63.7 cm³/mol. The summed E-state index contributed by atoms with van der Waals surface area (Å²) in [6.07, 6.45) is 5.53. The third-order valence-electron chi connectivity index (χ3n) is 3.15. The molecule has 1 aromatic heterocycles. The third kappa shape index (κ3) is 2.55. The van der Waals surface area contributed by atoms with E-state index in [0.717, 1.165) is 25.7 Å². The number of nitro groups is 1. The number of anilines is 1. The Labute approximate surface area is 99.1 Å². The van der Waals surface area contributed by atoms with Crippen molar-refractivity contribution in [3.05, 3.63) is 16.3 Å². The quantitative estimate of drug-likeness (QED) is 0.605. The van der Waals surface area contributed by atoms with Crippen LogP contribution in [0, 0.1) is 10.1 Å². The molecule has 0 aromatic carbocycles. The second kappa shape index (κ2) is 4.70. The Morgan fingerprint density at radius 3 is 2.94 bits per heavy atom. The lowest BCUT2D eigenvalue weighted by molar-refractivity contribution is -0.384. The van der Waals surface area contributed by atoms with E-state index in [-0.39, 0.29) is 17.8 Å². The lowest BCUT2D eigenvalue weighted by Gasteiger charge is -2.28. The van der Waals surface area contributed by atoms with Crippen molar-refractivity contribution in [1.82, 2.24) is 9.78 Å². The molecule has 17 heavy (non-hydrogen) atoms. The molecule has 3 N–H and O–H groups in total. The molecule has 1 fully saturated rings. The highest BCUT2D eigenvalue weighted by molar-refractivity contribution is 5.55. The fourth-order valence-corrected chi connectivity index (χ4v) is 2.23. The molecule has 1 saturated carbocycles. The zero-order valence-electron chi connectivity index (χ0n) is 9.80. The summed E-state index contributed by atoms with van der Waals surface area (Å²) >= 11 is 0. The normalized spacial score (nSPS) is 24.6. The maximum Gasteiger partial charge on any atom is 0.330 e. The summed E-state index contributed by atoms with van der Waals surface area (Å²) in [4.78, 5) is 10.4. The minimum absolute atomic E-state index is 0.00488. The van der Waals surface area contributed by atoms with E-state index in [0.29, 0.717) is 5.82 Å². The van der Waals surface area contributed by atoms with Crippen LogP contribution in [0.15, 0.2) is 6.20 Å². The zero-order valence-corrected chi connectivity index (χ0v) is 9.80. The molecule has 0 amide bonds. The first kappa shape index (κ1) is 11.8. The van der Waals surface area contributed by atoms with Crippen molar-refractivity contribution >= 4 is 11.5 Å². The predicted octanol–water partition coefficient (Wildman–Crippen LogP) is 1.01. The van der Waals surface area contributed by atoms with Crippen molar-refractivity contribution in [2.75, 3.05) is 5.32 Å². The fourth-order valence-electron chi connectivity index (χ4n) is 2.23. The van der Waals surface area contributed by atoms with Gasteiger partial charge in [-0.2, -0.15) is 0 Å². The van der Waals surface area contributed by atoms with Crippen molar-refractivity contribution in [3.8, 4) is 0 Å². The molecule has 1 aliphatic rings. The summed E-state index contributed by atoms with van der Waals surface area (Å²) in [6.45, 7) is 0. The summed E-state index contributed by atoms with van der Waals surface area (Å²) < 4.78 is 1.44. The summed E-state index contributed by atoms with van der Waals surface area (Å²) in [5.74, 6) is 0.319. The molecule has 2 atom stereocenters. The van der Waals surface area contributed by atoms with Crippen LogP contribution in [0.1, 0.15) is 25.7 Å². The van der Waals surface area contributed by atoms with Crippen molar-refractivity contribution in [1.29, 1.82) is 0 Å². The van der Waals surface area contributed by atoms with Crippen LogP contribution in [-0.4, -0.2) is 26.8 Å². The molecule has 2 rings (SSSR count). The number of nitrogens with two attached hydrogens (primary N) is 1. The van der Waals surface area contributed by atoms with Gasteiger partial charge in [-0.05, 0) is 12.8 Å². The number of hydrogen-bond acceptors (Lipinski definition) is 5. The van der Waals surface area contributed by atoms with Crippen molar-refractivity contribution in [2.45, 2.75) is 37.8 Å². The van der Waals surface area contributed by atoms with Crippen LogP contribution in [0.4, 0.5) is 11.5 Å². The second-order valence-corrected chi connectivity index (χ2v) is 4.49. The van der Waals surface area contributed by atoms with Crippen LogP contribution >= 0.6 is 0 Å². The molecule has 0 bridgehead atoms. The van der Waals surface area contributed by atoms with E-state index in [1.807, 2.05) is 0 Å². The molecule has 94 valence electrons. The van der Waals surface area contributed by atoms with Crippen LogP contribution in [0.25, 0.3) is 0 Å². The molecule has 0 unspecified atom stereocenters. The molecular weight excluding hydrogens is 222 g/mol. The average Bonchev–Trinajstić information content (AvgIpc) is 2.63. The number of nitrogens with zero attached hydrogens (tertiary/aromatic N) is 3. The van der Waals surface area contributed by atoms with Gasteiger partial charge in [0.25, 0.3) is 0 Å². The number of hydrogen-bond donors (Lipinski definition) is 2. The Morgan fingerprint density at radius 1 is 1.59 bits per heavy atom. The van der Waals surface area contributed by atoms with Gasteiger partial charge in [0, 0.05) is 19.1 Å². The monoisotopic (exact) mass is 239 g/mol. The fraction of sp³-hybridized carbons (Fsp3) is 0.700. The molecule has 0 aliphatic heterocycles. The smallest absolute Gasteiger partial charge is 0.330 e. The highest BCUT2D eigenvalue weighted by Crippen LogP contribution is 2.26. The maximum atomic E-state index is 10.8. The van der Waals surface area contributed by atoms with Crippen LogP contribution in [0.3, 0.4) is 0 Å². The molecule has 7 nitrogen and oxygen atoms in total. The first-order chi connectivity index (χ1) is 8.08. The van der Waals surface area contributed by atoms with E-state index in [9.17, 15) is 10.1 Å². The highest BCUT2D eigenvalue weighted by Gasteiger charge is 2.26. The molecule has 0 radical (unpaired) electrons. The van der Waals surface area contributed by atoms with Gasteiger partial charge >= 0.3 is 5.69 Å². The Morgan fingerprint density at radius 2 is 2.29 bits per heavy atom. The zero-order chi connectivity index (χ0) is 12.4. The summed E-state index contributed by atoms with van der Waals surface area (Å²) in [6, 6.07) is 0.128. The van der Waals surface area contributed by atoms with E-state index in [1.165, 1.54) is 10.9 Å². The SMILES string of the molecule is Cn1cc([N+](=O)[O-])c(N[C@@H]2CCCC[C@H]2N)n1. The standard InChI is InChI=1S/C10H17N5O2/c1-14-6-9(15(16)17)10(13-14)12-8-5-3-2-4-7(8)11/h6-8H,2-5,11H2,1H3,(H,12,13)/t7-,8-/m1/s1. The molecule has 1 aliphatic carbocycles. The molecule has 1 aromatic rings. The maximum absolute atomic E-state index is 10.8. The Hall–Kier alpha value is -1.63. The highest BCUT2D eigenvalue weighted by atomic mass is 16.6. The first-order valence-electron chi connectivity index (χ1n) is 5.78. The van der Waals surface area contributed by atoms with Crippen LogP contribution < -0.4 is 11.1 Å². The lowest BCUT2D eigenvalue weighted by atomic mass is 9.91. The Kier molecular flexibility index (Phi) is 3.28. The van der Waals surface area contributed by atoms with Gasteiger partial charge in [0.2, 0.25) is 5.82 Å². The van der Waals surface area contributed by atoms with Crippen molar-refractivity contribution < 1.29 is 4.92 Å². The largest absolute Gasteiger partial charge is 0.359 e. The Bertz CT molecular complexity index is 417. The van der Waals surface area contributed by atoms with Gasteiger partial charge in [-0.15, -0.1) is 5.10 Å². The molecule has 1 heterocycles. The van der Waals surface area contributed by atoms with E-state index in [1.54, 1.807) is 7.05 Å². The number of aryl methyl sites for hydroxylation is 1. The summed E-state index contributed by atoms with van der Waals surface area (Å²) in [5, 5.41) is 18.0. The van der Waals surface area contributed by atoms with Gasteiger partial charge in [0.05, 0.1) is 4.92 Å². The van der Waals surface area contributed by atoms with Crippen molar-refractivity contribution in [2.24, 2.45) is 12.8 Å². The number of nitrogens with one attached hydrogen (secondary N) is 1. The Balaban J connectivity index is 2.14. The van der Waals surface area contributed by atoms with Gasteiger partial charge in [-0.25, -0.2) is 0 Å². The molecule has 0 spiro atoms. The van der Waals surface area contributed by atoms with Gasteiger partial charge < -0.3 is 11.1 Å². The van der Waals surface area contributed by atoms with Gasteiger partial charge in [0.1, 0.15) is 6.20 Å². The third-order valence-corrected chi connectivity index (χ3v) is 3.15. The van der Waals surface area contributed by atoms with E-state index in [4.69, 9.17) is 5.73 Å². The number of rotatable bonds is 3. The van der Waals surface area contributed by atoms with Crippen molar-refractivity contribution in [3.63, 3.8) is 0 Å². The van der Waals surface area contributed by atoms with Gasteiger partial charge in [0.15, 0.2) is 0 Å². The second-order valence-electron chi connectivity index (χ2n) is 4.49. The van der Waals surface area contributed by atoms with E-state index >= 15 is 0 Å². The lowest BCUT2D eigenvalue weighted by Crippen LogP contribution is -2.42. The van der Waals surface area contributed by atoms with Crippen LogP contribution in [-0.2, 0) is 7.05 Å². The molecular formula is C10H17N5O2. The van der Waals surface area contributed by atoms with Gasteiger partial charge in [-0.1, -0.05) is 12.8 Å². The minimum atomic E-state index is -0.427. The summed E-state index contributed by atoms with van der Waals surface area (Å²) in [5.41, 5.74) is 6.00. The average molecular weight is 239 g/mol. The summed E-state index contributed by atoms with van der Waals surface area (Å²) in [7, 11) is 1.67. The van der Waals surface area contributed by atoms with E-state index in [2.05, 4.69) is 10.4 Å². The molecule has 7 heteroatoms. The van der Waals surface area contributed by atoms with Crippen LogP contribution in [0.5, 0.6) is 0 Å². The first-order valence-corrected chi connectivity index (χ1v) is 5.78. The number of aromatic nitrogens is 2.